The summed E-state index contributed by atoms with van der Waals surface area (Å²) >= 11 is 0. The van der Waals surface area contributed by atoms with Gasteiger partial charge in [0.1, 0.15) is 0 Å². The summed E-state index contributed by atoms with van der Waals surface area (Å²) in [6.07, 6.45) is 8.72. The summed E-state index contributed by atoms with van der Waals surface area (Å²) < 4.78 is 0. The lowest BCUT2D eigenvalue weighted by Crippen LogP contribution is -1.73. The van der Waals surface area contributed by atoms with Gasteiger partial charge in [-0.2, -0.15) is 0 Å². The Morgan fingerprint density at radius 2 is 1.78 bits per heavy atom. The first-order chi connectivity index (χ1) is 4.35. The normalized spacial score (nSPS) is 10.1. The average molecular weight is 124 g/mol. The van der Waals surface area contributed by atoms with Gasteiger partial charge in [-0.15, -0.1) is 0 Å². The molecule has 9 heavy (non-hydrogen) atoms. The second kappa shape index (κ2) is 5.61. The third kappa shape index (κ3) is 4.01. The van der Waals surface area contributed by atoms with Crippen molar-refractivity contribution in [2.45, 2.75) is 33.6 Å². The van der Waals surface area contributed by atoms with Crippen LogP contribution in [0.3, 0.4) is 0 Å². The Kier molecular flexibility index (Phi) is 5.29. The van der Waals surface area contributed by atoms with Crippen LogP contribution in [0.15, 0.2) is 23.8 Å². The third-order valence-corrected chi connectivity index (χ3v) is 1.43. The molecule has 0 N–H and O–H groups in total. The molecule has 52 valence electrons. The van der Waals surface area contributed by atoms with Crippen molar-refractivity contribution < 1.29 is 0 Å². The van der Waals surface area contributed by atoms with E-state index in [4.69, 9.17) is 0 Å². The fraction of sp³-hybridized carbons (Fsp3) is 0.556. The zero-order valence-corrected chi connectivity index (χ0v) is 6.65. The molecule has 0 heteroatoms. The zero-order valence-electron chi connectivity index (χ0n) is 6.65. The number of hydrogen-bond acceptors (Lipinski definition) is 0. The van der Waals surface area contributed by atoms with E-state index < -0.39 is 0 Å². The monoisotopic (exact) mass is 124 g/mol. The molecule has 0 aromatic rings. The lowest BCUT2D eigenvalue weighted by molar-refractivity contribution is 0.978. The molecular formula is C9H16. The van der Waals surface area contributed by atoms with Crippen molar-refractivity contribution in [1.29, 1.82) is 0 Å². The molecule has 0 spiro atoms. The van der Waals surface area contributed by atoms with Crippen LogP contribution in [-0.4, -0.2) is 0 Å². The Hall–Kier alpha value is -0.520. The number of rotatable bonds is 3. The molecule has 0 aromatic heterocycles. The van der Waals surface area contributed by atoms with Gasteiger partial charge in [-0.05, 0) is 19.8 Å². The van der Waals surface area contributed by atoms with Crippen LogP contribution in [0.5, 0.6) is 0 Å². The molecular weight excluding hydrogens is 108 g/mol. The summed E-state index contributed by atoms with van der Waals surface area (Å²) in [7, 11) is 0. The van der Waals surface area contributed by atoms with Gasteiger partial charge in [0.15, 0.2) is 0 Å². The molecule has 0 saturated heterocycles. The summed E-state index contributed by atoms with van der Waals surface area (Å²) in [5, 5.41) is 0. The van der Waals surface area contributed by atoms with Crippen LogP contribution in [0.25, 0.3) is 0 Å². The van der Waals surface area contributed by atoms with Crippen molar-refractivity contribution in [3.8, 4) is 0 Å². The molecule has 0 atom stereocenters. The maximum atomic E-state index is 2.19. The Bertz CT molecular complexity index is 101. The second-order valence-corrected chi connectivity index (χ2v) is 2.06. The largest absolute Gasteiger partial charge is 0.0877 e. The first kappa shape index (κ1) is 8.48. The van der Waals surface area contributed by atoms with Crippen molar-refractivity contribution in [2.24, 2.45) is 0 Å². The highest BCUT2D eigenvalue weighted by Gasteiger charge is 1.83. The molecule has 0 aliphatic rings. The number of allylic oxidation sites excluding steroid dienone is 4. The SMILES string of the molecule is C/C=C/C=C(CC)CC. The zero-order chi connectivity index (χ0) is 7.11. The molecule has 0 saturated carbocycles. The van der Waals surface area contributed by atoms with Crippen LogP contribution in [0.4, 0.5) is 0 Å². The minimum atomic E-state index is 1.18. The van der Waals surface area contributed by atoms with Gasteiger partial charge >= 0.3 is 0 Å². The Morgan fingerprint density at radius 3 is 2.11 bits per heavy atom. The van der Waals surface area contributed by atoms with E-state index in [-0.39, 0.29) is 0 Å². The van der Waals surface area contributed by atoms with E-state index in [1.54, 1.807) is 0 Å². The topological polar surface area (TPSA) is 0 Å². The van der Waals surface area contributed by atoms with Crippen LogP contribution >= 0.6 is 0 Å². The molecule has 0 unspecified atom stereocenters. The van der Waals surface area contributed by atoms with Crippen LogP contribution < -0.4 is 0 Å². The Labute approximate surface area is 58.3 Å². The summed E-state index contributed by atoms with van der Waals surface area (Å²) in [6.45, 7) is 6.43. The smallest absolute Gasteiger partial charge is 0.0346 e. The van der Waals surface area contributed by atoms with Crippen molar-refractivity contribution in [3.63, 3.8) is 0 Å². The van der Waals surface area contributed by atoms with Gasteiger partial charge in [0, 0.05) is 0 Å². The first-order valence-electron chi connectivity index (χ1n) is 3.65. The van der Waals surface area contributed by atoms with Crippen molar-refractivity contribution in [3.05, 3.63) is 23.8 Å². The summed E-state index contributed by atoms with van der Waals surface area (Å²) in [4.78, 5) is 0. The van der Waals surface area contributed by atoms with Gasteiger partial charge < -0.3 is 0 Å². The lowest BCUT2D eigenvalue weighted by Gasteiger charge is -1.94. The standard InChI is InChI=1S/C9H16/c1-4-7-8-9(5-2)6-3/h4,7-8H,5-6H2,1-3H3/b7-4+. The highest BCUT2D eigenvalue weighted by atomic mass is 13.9. The van der Waals surface area contributed by atoms with Gasteiger partial charge in [0.25, 0.3) is 0 Å². The molecule has 0 aliphatic heterocycles. The summed E-state index contributed by atoms with van der Waals surface area (Å²) in [5.41, 5.74) is 1.52. The first-order valence-corrected chi connectivity index (χ1v) is 3.65. The van der Waals surface area contributed by atoms with Gasteiger partial charge in [-0.3, -0.25) is 0 Å². The van der Waals surface area contributed by atoms with E-state index in [9.17, 15) is 0 Å². The van der Waals surface area contributed by atoms with E-state index in [0.29, 0.717) is 0 Å². The number of hydrogen-bond donors (Lipinski definition) is 0. The van der Waals surface area contributed by atoms with Crippen LogP contribution in [0, 0.1) is 0 Å². The Balaban J connectivity index is 3.75. The minimum absolute atomic E-state index is 1.18. The summed E-state index contributed by atoms with van der Waals surface area (Å²) in [6, 6.07) is 0. The summed E-state index contributed by atoms with van der Waals surface area (Å²) in [5.74, 6) is 0. The van der Waals surface area contributed by atoms with Gasteiger partial charge in [0.05, 0.1) is 0 Å². The third-order valence-electron chi connectivity index (χ3n) is 1.43. The van der Waals surface area contributed by atoms with Gasteiger partial charge in [-0.25, -0.2) is 0 Å². The predicted octanol–water partition coefficient (Wildman–Crippen LogP) is 3.31. The van der Waals surface area contributed by atoms with Crippen LogP contribution in [0.1, 0.15) is 33.6 Å². The molecule has 0 heterocycles. The molecule has 0 radical (unpaired) electrons. The van der Waals surface area contributed by atoms with E-state index in [2.05, 4.69) is 32.1 Å². The highest BCUT2D eigenvalue weighted by Crippen LogP contribution is 2.04. The van der Waals surface area contributed by atoms with E-state index in [0.717, 1.165) is 0 Å². The molecule has 0 aromatic carbocycles. The fourth-order valence-corrected chi connectivity index (χ4v) is 0.718. The van der Waals surface area contributed by atoms with Crippen molar-refractivity contribution >= 4 is 0 Å². The quantitative estimate of drug-likeness (QED) is 0.506. The van der Waals surface area contributed by atoms with E-state index in [1.807, 2.05) is 6.92 Å². The highest BCUT2D eigenvalue weighted by molar-refractivity contribution is 5.10. The molecule has 0 amide bonds. The lowest BCUT2D eigenvalue weighted by atomic mass is 10.1. The molecule has 0 rings (SSSR count). The molecule has 0 fully saturated rings. The van der Waals surface area contributed by atoms with Crippen LogP contribution in [0.2, 0.25) is 0 Å². The van der Waals surface area contributed by atoms with E-state index >= 15 is 0 Å². The minimum Gasteiger partial charge on any atom is -0.0877 e. The predicted molar refractivity (Wildman–Crippen MR) is 43.5 cm³/mol. The maximum absolute atomic E-state index is 2.19. The maximum Gasteiger partial charge on any atom is -0.0346 e. The van der Waals surface area contributed by atoms with E-state index in [1.165, 1.54) is 18.4 Å². The van der Waals surface area contributed by atoms with Gasteiger partial charge in [0.2, 0.25) is 0 Å². The second-order valence-electron chi connectivity index (χ2n) is 2.06. The average Bonchev–Trinajstić information content (AvgIpc) is 1.91. The Morgan fingerprint density at radius 1 is 1.22 bits per heavy atom. The van der Waals surface area contributed by atoms with Crippen molar-refractivity contribution in [1.82, 2.24) is 0 Å². The molecule has 0 bridgehead atoms. The fourth-order valence-electron chi connectivity index (χ4n) is 0.718. The van der Waals surface area contributed by atoms with Gasteiger partial charge in [-0.1, -0.05) is 37.6 Å². The van der Waals surface area contributed by atoms with Crippen LogP contribution in [-0.2, 0) is 0 Å². The molecule has 0 aliphatic carbocycles. The molecule has 0 nitrogen and oxygen atoms in total. The van der Waals surface area contributed by atoms with Crippen molar-refractivity contribution in [2.75, 3.05) is 0 Å².